The minimum atomic E-state index is -1.03. The van der Waals surface area contributed by atoms with Gasteiger partial charge >= 0.3 is 5.97 Å². The molecule has 0 radical (unpaired) electrons. The van der Waals surface area contributed by atoms with Gasteiger partial charge < -0.3 is 5.11 Å². The Labute approximate surface area is 104 Å². The normalized spacial score (nSPS) is 10.9. The molecule has 0 saturated heterocycles. The maximum absolute atomic E-state index is 13.1. The van der Waals surface area contributed by atoms with E-state index in [1.165, 1.54) is 23.0 Å². The van der Waals surface area contributed by atoms with Crippen LogP contribution in [0.15, 0.2) is 30.5 Å². The monoisotopic (exact) mass is 248 g/mol. The van der Waals surface area contributed by atoms with Gasteiger partial charge in [-0.1, -0.05) is 19.9 Å². The smallest absolute Gasteiger partial charge is 0.339 e. The molecular weight excluding hydrogens is 235 g/mol. The highest BCUT2D eigenvalue weighted by molar-refractivity contribution is 5.89. The molecule has 0 atom stereocenters. The molecule has 0 saturated carbocycles. The minimum Gasteiger partial charge on any atom is -0.478 e. The van der Waals surface area contributed by atoms with E-state index in [2.05, 4.69) is 5.10 Å². The third-order valence-electron chi connectivity index (χ3n) is 2.59. The predicted octanol–water partition coefficient (Wildman–Crippen LogP) is 2.83. The summed E-state index contributed by atoms with van der Waals surface area (Å²) in [5, 5.41) is 13.3. The molecule has 2 rings (SSSR count). The van der Waals surface area contributed by atoms with Gasteiger partial charge in [0.15, 0.2) is 0 Å². The van der Waals surface area contributed by atoms with Crippen molar-refractivity contribution in [3.05, 3.63) is 47.5 Å². The first-order chi connectivity index (χ1) is 8.49. The number of aromatic carboxylic acids is 1. The molecule has 2 aromatic rings. The highest BCUT2D eigenvalue weighted by atomic mass is 19.1. The van der Waals surface area contributed by atoms with Crippen molar-refractivity contribution in [3.8, 4) is 5.69 Å². The lowest BCUT2D eigenvalue weighted by Crippen LogP contribution is -2.01. The van der Waals surface area contributed by atoms with Gasteiger partial charge in [-0.05, 0) is 24.1 Å². The molecule has 0 bridgehead atoms. The van der Waals surface area contributed by atoms with Crippen molar-refractivity contribution >= 4 is 5.97 Å². The number of hydrogen-bond acceptors (Lipinski definition) is 2. The maximum atomic E-state index is 13.1. The van der Waals surface area contributed by atoms with Crippen LogP contribution in [-0.4, -0.2) is 20.9 Å². The average molecular weight is 248 g/mol. The summed E-state index contributed by atoms with van der Waals surface area (Å²) in [7, 11) is 0. The second-order valence-electron chi connectivity index (χ2n) is 4.31. The molecule has 0 aliphatic carbocycles. The van der Waals surface area contributed by atoms with E-state index in [9.17, 15) is 9.18 Å². The van der Waals surface area contributed by atoms with E-state index >= 15 is 0 Å². The van der Waals surface area contributed by atoms with Gasteiger partial charge in [0.1, 0.15) is 11.4 Å². The van der Waals surface area contributed by atoms with Crippen LogP contribution in [0.3, 0.4) is 0 Å². The standard InChI is InChI=1S/C13H13FN2O2/c1-8(2)12-11(13(17)18)7-16(15-12)10-5-3-4-9(14)6-10/h3-8H,1-2H3,(H,17,18). The van der Waals surface area contributed by atoms with Crippen LogP contribution in [0.5, 0.6) is 0 Å². The summed E-state index contributed by atoms with van der Waals surface area (Å²) in [5.74, 6) is -1.42. The summed E-state index contributed by atoms with van der Waals surface area (Å²) in [6.07, 6.45) is 1.41. The highest BCUT2D eigenvalue weighted by Crippen LogP contribution is 2.20. The van der Waals surface area contributed by atoms with E-state index in [0.29, 0.717) is 11.4 Å². The number of rotatable bonds is 3. The number of carboxylic acids is 1. The summed E-state index contributed by atoms with van der Waals surface area (Å²) in [6.45, 7) is 3.73. The van der Waals surface area contributed by atoms with Crippen molar-refractivity contribution in [2.45, 2.75) is 19.8 Å². The summed E-state index contributed by atoms with van der Waals surface area (Å²) < 4.78 is 14.5. The Hall–Kier alpha value is -2.17. The van der Waals surface area contributed by atoms with E-state index < -0.39 is 5.97 Å². The Morgan fingerprint density at radius 1 is 1.44 bits per heavy atom. The van der Waals surface area contributed by atoms with Gasteiger partial charge in [0.2, 0.25) is 0 Å². The average Bonchev–Trinajstić information content (AvgIpc) is 2.73. The van der Waals surface area contributed by atoms with Crippen LogP contribution < -0.4 is 0 Å². The van der Waals surface area contributed by atoms with Crippen LogP contribution in [0.4, 0.5) is 4.39 Å². The van der Waals surface area contributed by atoms with E-state index in [0.717, 1.165) is 0 Å². The molecule has 1 aromatic heterocycles. The van der Waals surface area contributed by atoms with Crippen molar-refractivity contribution in [2.75, 3.05) is 0 Å². The molecule has 1 heterocycles. The Morgan fingerprint density at radius 2 is 2.17 bits per heavy atom. The quantitative estimate of drug-likeness (QED) is 0.908. The van der Waals surface area contributed by atoms with Crippen molar-refractivity contribution in [2.24, 2.45) is 0 Å². The van der Waals surface area contributed by atoms with E-state index in [-0.39, 0.29) is 17.3 Å². The zero-order chi connectivity index (χ0) is 13.3. The molecule has 0 unspecified atom stereocenters. The summed E-state index contributed by atoms with van der Waals surface area (Å²) in [6, 6.07) is 5.87. The third kappa shape index (κ3) is 2.25. The summed E-state index contributed by atoms with van der Waals surface area (Å²) >= 11 is 0. The van der Waals surface area contributed by atoms with E-state index in [1.54, 1.807) is 12.1 Å². The first kappa shape index (κ1) is 12.3. The predicted molar refractivity (Wildman–Crippen MR) is 64.6 cm³/mol. The fourth-order valence-electron chi connectivity index (χ4n) is 1.73. The number of benzene rings is 1. The van der Waals surface area contributed by atoms with Crippen LogP contribution in [0.2, 0.25) is 0 Å². The Kier molecular flexibility index (Phi) is 3.14. The zero-order valence-corrected chi connectivity index (χ0v) is 10.1. The molecule has 1 N–H and O–H groups in total. The molecule has 0 spiro atoms. The minimum absolute atomic E-state index is 0.00842. The number of carboxylic acid groups (broad SMARTS) is 1. The lowest BCUT2D eigenvalue weighted by atomic mass is 10.1. The molecule has 94 valence electrons. The lowest BCUT2D eigenvalue weighted by molar-refractivity contribution is 0.0695. The second-order valence-corrected chi connectivity index (χ2v) is 4.31. The molecule has 5 heteroatoms. The molecule has 4 nitrogen and oxygen atoms in total. The van der Waals surface area contributed by atoms with Gasteiger partial charge in [-0.25, -0.2) is 13.9 Å². The first-order valence-corrected chi connectivity index (χ1v) is 5.58. The van der Waals surface area contributed by atoms with Crippen molar-refractivity contribution in [3.63, 3.8) is 0 Å². The number of halogens is 1. The Bertz CT molecular complexity index is 590. The van der Waals surface area contributed by atoms with Gasteiger partial charge in [-0.15, -0.1) is 0 Å². The van der Waals surface area contributed by atoms with Gasteiger partial charge in [0.25, 0.3) is 0 Å². The van der Waals surface area contributed by atoms with Crippen molar-refractivity contribution in [1.29, 1.82) is 0 Å². The largest absolute Gasteiger partial charge is 0.478 e. The Balaban J connectivity index is 2.53. The fraction of sp³-hybridized carbons (Fsp3) is 0.231. The van der Waals surface area contributed by atoms with Crippen LogP contribution in [0.1, 0.15) is 35.8 Å². The molecule has 0 aliphatic rings. The van der Waals surface area contributed by atoms with Crippen LogP contribution in [-0.2, 0) is 0 Å². The maximum Gasteiger partial charge on any atom is 0.339 e. The van der Waals surface area contributed by atoms with Crippen LogP contribution >= 0.6 is 0 Å². The number of nitrogens with zero attached hydrogens (tertiary/aromatic N) is 2. The highest BCUT2D eigenvalue weighted by Gasteiger charge is 2.18. The van der Waals surface area contributed by atoms with Gasteiger partial charge in [-0.3, -0.25) is 0 Å². The molecule has 0 fully saturated rings. The topological polar surface area (TPSA) is 55.1 Å². The molecular formula is C13H13FN2O2. The zero-order valence-electron chi connectivity index (χ0n) is 10.1. The van der Waals surface area contributed by atoms with Crippen LogP contribution in [0, 0.1) is 5.82 Å². The second kappa shape index (κ2) is 4.60. The fourth-order valence-corrected chi connectivity index (χ4v) is 1.73. The number of carbonyl (C=O) groups is 1. The van der Waals surface area contributed by atoms with Crippen LogP contribution in [0.25, 0.3) is 5.69 Å². The number of hydrogen-bond donors (Lipinski definition) is 1. The van der Waals surface area contributed by atoms with Gasteiger partial charge in [0.05, 0.1) is 11.4 Å². The lowest BCUT2D eigenvalue weighted by Gasteiger charge is -2.02. The van der Waals surface area contributed by atoms with E-state index in [4.69, 9.17) is 5.11 Å². The van der Waals surface area contributed by atoms with Crippen molar-refractivity contribution in [1.82, 2.24) is 9.78 Å². The SMILES string of the molecule is CC(C)c1nn(-c2cccc(F)c2)cc1C(=O)O. The first-order valence-electron chi connectivity index (χ1n) is 5.58. The third-order valence-corrected chi connectivity index (χ3v) is 2.59. The summed E-state index contributed by atoms with van der Waals surface area (Å²) in [4.78, 5) is 11.1. The molecule has 0 aliphatic heterocycles. The van der Waals surface area contributed by atoms with E-state index in [1.807, 2.05) is 13.8 Å². The Morgan fingerprint density at radius 3 is 2.67 bits per heavy atom. The molecule has 0 amide bonds. The van der Waals surface area contributed by atoms with Gasteiger partial charge in [0, 0.05) is 6.20 Å². The number of aromatic nitrogens is 2. The molecule has 18 heavy (non-hydrogen) atoms. The van der Waals surface area contributed by atoms with Gasteiger partial charge in [-0.2, -0.15) is 5.10 Å². The van der Waals surface area contributed by atoms with Crippen molar-refractivity contribution < 1.29 is 14.3 Å². The molecule has 1 aromatic carbocycles. The summed E-state index contributed by atoms with van der Waals surface area (Å²) in [5.41, 5.74) is 1.14.